The van der Waals surface area contributed by atoms with Crippen molar-refractivity contribution in [3.63, 3.8) is 0 Å². The van der Waals surface area contributed by atoms with Gasteiger partial charge in [-0.15, -0.1) is 0 Å². The van der Waals surface area contributed by atoms with Crippen LogP contribution in [0.5, 0.6) is 0 Å². The van der Waals surface area contributed by atoms with Crippen molar-refractivity contribution in [2.24, 2.45) is 11.8 Å². The van der Waals surface area contributed by atoms with Crippen molar-refractivity contribution in [3.05, 3.63) is 0 Å². The maximum Gasteiger partial charge on any atom is 0.410 e. The lowest BCUT2D eigenvalue weighted by Gasteiger charge is -2.35. The first-order chi connectivity index (χ1) is 10.1. The van der Waals surface area contributed by atoms with Crippen LogP contribution in [0.4, 0.5) is 4.79 Å². The number of piperidine rings is 1. The molecule has 1 aliphatic heterocycles. The zero-order valence-corrected chi connectivity index (χ0v) is 15.0. The predicted molar refractivity (Wildman–Crippen MR) is 87.6 cm³/mol. The average molecular weight is 312 g/mol. The van der Waals surface area contributed by atoms with E-state index in [1.54, 1.807) is 11.9 Å². The molecule has 1 atom stereocenters. The molecule has 22 heavy (non-hydrogen) atoms. The molecular formula is C17H32N2O3. The Labute approximate surface area is 135 Å². The Morgan fingerprint density at radius 1 is 1.27 bits per heavy atom. The normalized spacial score (nSPS) is 18.0. The maximum absolute atomic E-state index is 12.2. The van der Waals surface area contributed by atoms with Gasteiger partial charge in [-0.3, -0.25) is 4.79 Å². The molecule has 5 heteroatoms. The third kappa shape index (κ3) is 5.85. The van der Waals surface area contributed by atoms with Gasteiger partial charge >= 0.3 is 6.09 Å². The lowest BCUT2D eigenvalue weighted by molar-refractivity contribution is -0.136. The summed E-state index contributed by atoms with van der Waals surface area (Å²) in [5.41, 5.74) is -0.461. The fraction of sp³-hybridized carbons (Fsp3) is 0.882. The first-order valence-electron chi connectivity index (χ1n) is 8.37. The molecule has 2 amide bonds. The number of likely N-dealkylation sites (tertiary alicyclic amines) is 1. The van der Waals surface area contributed by atoms with Crippen LogP contribution in [0.3, 0.4) is 0 Å². The van der Waals surface area contributed by atoms with Crippen LogP contribution in [-0.2, 0) is 9.53 Å². The van der Waals surface area contributed by atoms with Crippen molar-refractivity contribution in [2.75, 3.05) is 26.7 Å². The van der Waals surface area contributed by atoms with Crippen molar-refractivity contribution in [1.82, 2.24) is 9.80 Å². The van der Waals surface area contributed by atoms with Crippen LogP contribution in [0.25, 0.3) is 0 Å². The summed E-state index contributed by atoms with van der Waals surface area (Å²) in [7, 11) is 1.78. The van der Waals surface area contributed by atoms with Gasteiger partial charge in [0.05, 0.1) is 0 Å². The monoisotopic (exact) mass is 312 g/mol. The van der Waals surface area contributed by atoms with E-state index in [1.807, 2.05) is 39.5 Å². The number of carbonyl (C=O) groups excluding carboxylic acids is 2. The summed E-state index contributed by atoms with van der Waals surface area (Å²) >= 11 is 0. The second-order valence-corrected chi connectivity index (χ2v) is 7.44. The average Bonchev–Trinajstić information content (AvgIpc) is 2.44. The Balaban J connectivity index is 2.39. The maximum atomic E-state index is 12.2. The van der Waals surface area contributed by atoms with E-state index in [-0.39, 0.29) is 17.9 Å². The third-order valence-corrected chi connectivity index (χ3v) is 4.20. The standard InChI is InChI=1S/C17H32N2O3/c1-7-13(2)15(20)19-10-8-14(9-11-19)12-18(6)16(21)22-17(3,4)5/h13-14H,7-12H2,1-6H3. The molecule has 128 valence electrons. The van der Waals surface area contributed by atoms with Gasteiger partial charge < -0.3 is 14.5 Å². The zero-order valence-electron chi connectivity index (χ0n) is 15.0. The highest BCUT2D eigenvalue weighted by atomic mass is 16.6. The fourth-order valence-corrected chi connectivity index (χ4v) is 2.62. The predicted octanol–water partition coefficient (Wildman–Crippen LogP) is 3.14. The molecule has 0 aromatic rings. The second kappa shape index (κ2) is 7.84. The van der Waals surface area contributed by atoms with E-state index in [0.717, 1.165) is 32.4 Å². The highest BCUT2D eigenvalue weighted by Gasteiger charge is 2.27. The Hall–Kier alpha value is -1.26. The quantitative estimate of drug-likeness (QED) is 0.801. The van der Waals surface area contributed by atoms with Crippen molar-refractivity contribution < 1.29 is 14.3 Å². The van der Waals surface area contributed by atoms with Gasteiger partial charge in [-0.25, -0.2) is 4.79 Å². The fourth-order valence-electron chi connectivity index (χ4n) is 2.62. The summed E-state index contributed by atoms with van der Waals surface area (Å²) in [6.07, 6.45) is 2.52. The lowest BCUT2D eigenvalue weighted by atomic mass is 9.95. The molecule has 0 N–H and O–H groups in total. The van der Waals surface area contributed by atoms with Gasteiger partial charge in [-0.05, 0) is 46.0 Å². The van der Waals surface area contributed by atoms with Crippen LogP contribution < -0.4 is 0 Å². The SMILES string of the molecule is CCC(C)C(=O)N1CCC(CN(C)C(=O)OC(C)(C)C)CC1. The Kier molecular flexibility index (Phi) is 6.69. The molecule has 1 heterocycles. The number of carbonyl (C=O) groups is 2. The number of hydrogen-bond donors (Lipinski definition) is 0. The summed E-state index contributed by atoms with van der Waals surface area (Å²) in [4.78, 5) is 27.8. The van der Waals surface area contributed by atoms with E-state index in [1.165, 1.54) is 0 Å². The molecule has 1 fully saturated rings. The third-order valence-electron chi connectivity index (χ3n) is 4.20. The van der Waals surface area contributed by atoms with E-state index in [4.69, 9.17) is 4.74 Å². The Morgan fingerprint density at radius 3 is 2.27 bits per heavy atom. The second-order valence-electron chi connectivity index (χ2n) is 7.44. The molecular weight excluding hydrogens is 280 g/mol. The molecule has 5 nitrogen and oxygen atoms in total. The molecule has 1 saturated heterocycles. The van der Waals surface area contributed by atoms with Crippen LogP contribution in [0.2, 0.25) is 0 Å². The van der Waals surface area contributed by atoms with Crippen LogP contribution in [0, 0.1) is 11.8 Å². The minimum atomic E-state index is -0.461. The minimum absolute atomic E-state index is 0.112. The first kappa shape index (κ1) is 18.8. The minimum Gasteiger partial charge on any atom is -0.444 e. The lowest BCUT2D eigenvalue weighted by Crippen LogP contribution is -2.44. The first-order valence-corrected chi connectivity index (χ1v) is 8.37. The van der Waals surface area contributed by atoms with Crippen molar-refractivity contribution in [3.8, 4) is 0 Å². The highest BCUT2D eigenvalue weighted by molar-refractivity contribution is 5.78. The van der Waals surface area contributed by atoms with E-state index >= 15 is 0 Å². The number of rotatable bonds is 4. The van der Waals surface area contributed by atoms with Gasteiger partial charge in [-0.1, -0.05) is 13.8 Å². The van der Waals surface area contributed by atoms with Crippen molar-refractivity contribution >= 4 is 12.0 Å². The van der Waals surface area contributed by atoms with E-state index in [0.29, 0.717) is 12.5 Å². The molecule has 0 spiro atoms. The van der Waals surface area contributed by atoms with Crippen LogP contribution >= 0.6 is 0 Å². The topological polar surface area (TPSA) is 49.9 Å². The van der Waals surface area contributed by atoms with Gasteiger partial charge in [0.1, 0.15) is 5.60 Å². The smallest absolute Gasteiger partial charge is 0.410 e. The summed E-state index contributed by atoms with van der Waals surface area (Å²) < 4.78 is 5.37. The van der Waals surface area contributed by atoms with Crippen LogP contribution in [0.1, 0.15) is 53.9 Å². The van der Waals surface area contributed by atoms with Gasteiger partial charge in [0.2, 0.25) is 5.91 Å². The molecule has 0 bridgehead atoms. The Morgan fingerprint density at radius 2 is 1.82 bits per heavy atom. The van der Waals surface area contributed by atoms with Gasteiger partial charge in [0.15, 0.2) is 0 Å². The van der Waals surface area contributed by atoms with E-state index < -0.39 is 5.60 Å². The van der Waals surface area contributed by atoms with Gasteiger partial charge in [0.25, 0.3) is 0 Å². The van der Waals surface area contributed by atoms with E-state index in [2.05, 4.69) is 0 Å². The molecule has 1 unspecified atom stereocenters. The van der Waals surface area contributed by atoms with Crippen LogP contribution in [0.15, 0.2) is 0 Å². The number of amides is 2. The summed E-state index contributed by atoms with van der Waals surface area (Å²) in [6.45, 7) is 12.0. The molecule has 0 aromatic heterocycles. The summed E-state index contributed by atoms with van der Waals surface area (Å²) in [6, 6.07) is 0. The molecule has 0 aliphatic carbocycles. The summed E-state index contributed by atoms with van der Waals surface area (Å²) in [5, 5.41) is 0. The molecule has 0 radical (unpaired) electrons. The van der Waals surface area contributed by atoms with Crippen molar-refractivity contribution in [2.45, 2.75) is 59.5 Å². The number of hydrogen-bond acceptors (Lipinski definition) is 3. The van der Waals surface area contributed by atoms with E-state index in [9.17, 15) is 9.59 Å². The molecule has 1 rings (SSSR count). The molecule has 0 aromatic carbocycles. The van der Waals surface area contributed by atoms with Crippen molar-refractivity contribution in [1.29, 1.82) is 0 Å². The molecule has 0 saturated carbocycles. The summed E-state index contributed by atoms with van der Waals surface area (Å²) in [5.74, 6) is 0.820. The van der Waals surface area contributed by atoms with Gasteiger partial charge in [-0.2, -0.15) is 0 Å². The van der Waals surface area contributed by atoms with Crippen LogP contribution in [-0.4, -0.2) is 54.1 Å². The molecule has 1 aliphatic rings. The largest absolute Gasteiger partial charge is 0.444 e. The highest BCUT2D eigenvalue weighted by Crippen LogP contribution is 2.21. The number of nitrogens with zero attached hydrogens (tertiary/aromatic N) is 2. The zero-order chi connectivity index (χ0) is 16.9. The van der Waals surface area contributed by atoms with Gasteiger partial charge in [0, 0.05) is 32.6 Å². The Bertz CT molecular complexity index is 382. The number of ether oxygens (including phenoxy) is 1.